The van der Waals surface area contributed by atoms with Gasteiger partial charge >= 0.3 is 0 Å². The van der Waals surface area contributed by atoms with Gasteiger partial charge in [-0.1, -0.05) is 41.4 Å². The number of hydrogen-bond donors (Lipinski definition) is 0. The minimum Gasteiger partial charge on any atom is -0.300 e. The highest BCUT2D eigenvalue weighted by atomic mass is 35.5. The van der Waals surface area contributed by atoms with E-state index in [2.05, 4.69) is 55.3 Å². The number of aromatic nitrogens is 1. The number of fused-ring (bicyclic) bond motifs is 3. The van der Waals surface area contributed by atoms with E-state index < -0.39 is 0 Å². The van der Waals surface area contributed by atoms with Crippen molar-refractivity contribution < 1.29 is 0 Å². The summed E-state index contributed by atoms with van der Waals surface area (Å²) in [6.45, 7) is 2.16. The lowest BCUT2D eigenvalue weighted by Crippen LogP contribution is -2.44. The Morgan fingerprint density at radius 2 is 1.92 bits per heavy atom. The van der Waals surface area contributed by atoms with Gasteiger partial charge in [-0.15, -0.1) is 11.3 Å². The second-order valence-electron chi connectivity index (χ2n) is 7.91. The van der Waals surface area contributed by atoms with Crippen molar-refractivity contribution in [3.05, 3.63) is 63.6 Å². The fourth-order valence-corrected chi connectivity index (χ4v) is 6.49. The maximum Gasteiger partial charge on any atom is 0.0991 e. The third kappa shape index (κ3) is 2.69. The van der Waals surface area contributed by atoms with Gasteiger partial charge in [0.2, 0.25) is 0 Å². The Morgan fingerprint density at radius 3 is 2.73 bits per heavy atom. The van der Waals surface area contributed by atoms with Gasteiger partial charge in [-0.25, -0.2) is 4.98 Å². The molecule has 2 aliphatic heterocycles. The second-order valence-corrected chi connectivity index (χ2v) is 9.41. The van der Waals surface area contributed by atoms with Crippen molar-refractivity contribution in [2.75, 3.05) is 7.05 Å². The number of piperidine rings is 1. The molecule has 26 heavy (non-hydrogen) atoms. The van der Waals surface area contributed by atoms with Crippen molar-refractivity contribution in [1.82, 2.24) is 9.88 Å². The normalized spacial score (nSPS) is 28.7. The van der Waals surface area contributed by atoms with E-state index in [0.717, 1.165) is 10.5 Å². The first-order valence-electron chi connectivity index (χ1n) is 9.44. The van der Waals surface area contributed by atoms with E-state index in [9.17, 15) is 0 Å². The molecule has 2 bridgehead atoms. The van der Waals surface area contributed by atoms with Crippen molar-refractivity contribution >= 4 is 33.2 Å². The Balaban J connectivity index is 1.61. The van der Waals surface area contributed by atoms with E-state index in [1.54, 1.807) is 0 Å². The zero-order chi connectivity index (χ0) is 17.8. The third-order valence-corrected chi connectivity index (χ3v) is 7.78. The maximum atomic E-state index is 6.21. The number of halogens is 1. The Bertz CT molecular complexity index is 948. The molecular formula is C22H23ClN2S. The first kappa shape index (κ1) is 16.7. The minimum atomic E-state index is 0.470. The Kier molecular flexibility index (Phi) is 4.07. The molecule has 4 unspecified atom stereocenters. The van der Waals surface area contributed by atoms with Crippen LogP contribution in [0.15, 0.2) is 42.5 Å². The van der Waals surface area contributed by atoms with Crippen LogP contribution >= 0.6 is 22.9 Å². The summed E-state index contributed by atoms with van der Waals surface area (Å²) >= 11 is 8.05. The van der Waals surface area contributed by atoms with Crippen molar-refractivity contribution in [3.63, 3.8) is 0 Å². The maximum absolute atomic E-state index is 6.21. The van der Waals surface area contributed by atoms with Crippen LogP contribution in [0.5, 0.6) is 0 Å². The van der Waals surface area contributed by atoms with Crippen LogP contribution in [0.3, 0.4) is 0 Å². The molecule has 1 aromatic heterocycles. The van der Waals surface area contributed by atoms with Crippen LogP contribution in [0, 0.1) is 6.92 Å². The molecule has 3 aromatic rings. The lowest BCUT2D eigenvalue weighted by Gasteiger charge is -2.42. The Hall–Kier alpha value is -1.42. The molecule has 0 amide bonds. The molecule has 2 aromatic carbocycles. The van der Waals surface area contributed by atoms with Crippen LogP contribution in [0.2, 0.25) is 5.02 Å². The van der Waals surface area contributed by atoms with Gasteiger partial charge in [-0.3, -0.25) is 4.90 Å². The highest BCUT2D eigenvalue weighted by molar-refractivity contribution is 7.18. The van der Waals surface area contributed by atoms with Crippen molar-refractivity contribution in [2.24, 2.45) is 0 Å². The van der Waals surface area contributed by atoms with E-state index in [0.29, 0.717) is 23.9 Å². The van der Waals surface area contributed by atoms with Gasteiger partial charge in [0.25, 0.3) is 0 Å². The fraction of sp³-hybridized carbons (Fsp3) is 0.409. The van der Waals surface area contributed by atoms with Crippen LogP contribution in [0.4, 0.5) is 0 Å². The summed E-state index contributed by atoms with van der Waals surface area (Å²) in [5.41, 5.74) is 3.89. The van der Waals surface area contributed by atoms with Gasteiger partial charge in [0.05, 0.1) is 15.2 Å². The van der Waals surface area contributed by atoms with Crippen LogP contribution in [-0.4, -0.2) is 29.0 Å². The Morgan fingerprint density at radius 1 is 1.12 bits per heavy atom. The highest BCUT2D eigenvalue weighted by Crippen LogP contribution is 2.52. The van der Waals surface area contributed by atoms with E-state index >= 15 is 0 Å². The summed E-state index contributed by atoms with van der Waals surface area (Å²) in [4.78, 5) is 7.67. The molecule has 4 atom stereocenters. The summed E-state index contributed by atoms with van der Waals surface area (Å²) in [6.07, 6.45) is 3.83. The number of hydrogen-bond acceptors (Lipinski definition) is 3. The third-order valence-electron chi connectivity index (χ3n) is 6.43. The molecule has 0 N–H and O–H groups in total. The van der Waals surface area contributed by atoms with Gasteiger partial charge < -0.3 is 0 Å². The van der Waals surface area contributed by atoms with Gasteiger partial charge in [-0.05, 0) is 62.9 Å². The van der Waals surface area contributed by atoms with Gasteiger partial charge in [0.15, 0.2) is 0 Å². The average molecular weight is 383 g/mol. The molecule has 2 saturated heterocycles. The highest BCUT2D eigenvalue weighted by Gasteiger charge is 2.47. The second kappa shape index (κ2) is 6.33. The lowest BCUT2D eigenvalue weighted by molar-refractivity contribution is 0.137. The molecule has 0 radical (unpaired) electrons. The average Bonchev–Trinajstić information content (AvgIpc) is 3.13. The molecule has 0 spiro atoms. The van der Waals surface area contributed by atoms with Crippen molar-refractivity contribution in [3.8, 4) is 0 Å². The van der Waals surface area contributed by atoms with E-state index in [-0.39, 0.29) is 0 Å². The minimum absolute atomic E-state index is 0.470. The first-order valence-corrected chi connectivity index (χ1v) is 10.6. The van der Waals surface area contributed by atoms with Crippen LogP contribution < -0.4 is 0 Å². The van der Waals surface area contributed by atoms with E-state index in [1.165, 1.54) is 40.1 Å². The molecule has 2 aliphatic rings. The topological polar surface area (TPSA) is 16.1 Å². The van der Waals surface area contributed by atoms with E-state index in [4.69, 9.17) is 16.6 Å². The summed E-state index contributed by atoms with van der Waals surface area (Å²) < 4.78 is 1.21. The molecule has 4 heteroatoms. The molecule has 0 saturated carbocycles. The first-order chi connectivity index (χ1) is 12.6. The molecule has 5 rings (SSSR count). The quantitative estimate of drug-likeness (QED) is 0.541. The summed E-state index contributed by atoms with van der Waals surface area (Å²) in [5, 5.41) is 2.08. The molecule has 2 nitrogen and oxygen atoms in total. The summed E-state index contributed by atoms with van der Waals surface area (Å²) in [6, 6.07) is 16.6. The SMILES string of the molecule is Cc1ccc(C2CC3CCC(C2c2nc4ccc(Cl)cc4s2)N3C)cc1. The van der Waals surface area contributed by atoms with Crippen molar-refractivity contribution in [1.29, 1.82) is 0 Å². The molecule has 3 heterocycles. The zero-order valence-electron chi connectivity index (χ0n) is 15.2. The molecular weight excluding hydrogens is 360 g/mol. The standard InChI is InChI=1S/C22H23ClN2S/c1-13-3-5-14(6-4-13)17-12-16-8-10-19(25(16)2)21(17)22-24-18-9-7-15(23)11-20(18)26-22/h3-7,9,11,16-17,19,21H,8,10,12H2,1-2H3. The van der Waals surface area contributed by atoms with Gasteiger partial charge in [-0.2, -0.15) is 0 Å². The number of rotatable bonds is 2. The lowest BCUT2D eigenvalue weighted by atomic mass is 9.76. The van der Waals surface area contributed by atoms with Gasteiger partial charge in [0.1, 0.15) is 0 Å². The number of nitrogens with zero attached hydrogens (tertiary/aromatic N) is 2. The van der Waals surface area contributed by atoms with Crippen LogP contribution in [-0.2, 0) is 0 Å². The Labute approximate surface area is 163 Å². The summed E-state index contributed by atoms with van der Waals surface area (Å²) in [7, 11) is 2.31. The number of aryl methyl sites for hydroxylation is 1. The molecule has 134 valence electrons. The monoisotopic (exact) mass is 382 g/mol. The van der Waals surface area contributed by atoms with E-state index in [1.807, 2.05) is 17.4 Å². The number of likely N-dealkylation sites (N-methyl/N-ethyl adjacent to an activating group) is 1. The molecule has 0 aliphatic carbocycles. The largest absolute Gasteiger partial charge is 0.300 e. The van der Waals surface area contributed by atoms with Crippen LogP contribution in [0.1, 0.15) is 47.2 Å². The predicted molar refractivity (Wildman–Crippen MR) is 110 cm³/mol. The summed E-state index contributed by atoms with van der Waals surface area (Å²) in [5.74, 6) is 1.03. The predicted octanol–water partition coefficient (Wildman–Crippen LogP) is 5.99. The zero-order valence-corrected chi connectivity index (χ0v) is 16.7. The number of benzene rings is 2. The fourth-order valence-electron chi connectivity index (χ4n) is 5.02. The van der Waals surface area contributed by atoms with Gasteiger partial charge in [0, 0.05) is 23.0 Å². The number of thiazole rings is 1. The smallest absolute Gasteiger partial charge is 0.0991 e. The molecule has 2 fully saturated rings. The van der Waals surface area contributed by atoms with Crippen LogP contribution in [0.25, 0.3) is 10.2 Å². The van der Waals surface area contributed by atoms with Crippen molar-refractivity contribution in [2.45, 2.75) is 50.1 Å².